The molecule has 4 rings (SSSR count). The van der Waals surface area contributed by atoms with Crippen molar-refractivity contribution in [3.63, 3.8) is 0 Å². The molecule has 0 spiro atoms. The first-order valence-electron chi connectivity index (χ1n) is 10.8. The zero-order valence-electron chi connectivity index (χ0n) is 17.7. The van der Waals surface area contributed by atoms with Gasteiger partial charge in [0.05, 0.1) is 4.90 Å². The normalized spacial score (nSPS) is 18.0. The highest BCUT2D eigenvalue weighted by Gasteiger charge is 2.29. The molecule has 0 saturated carbocycles. The molecular weight excluding hydrogens is 450 g/mol. The molecule has 1 N–H and O–H groups in total. The maximum absolute atomic E-state index is 12.7. The topological polar surface area (TPSA) is 86.8 Å². The highest BCUT2D eigenvalue weighted by molar-refractivity contribution is 7.89. The van der Waals surface area contributed by atoms with Crippen molar-refractivity contribution in [1.29, 1.82) is 0 Å². The van der Waals surface area contributed by atoms with Crippen molar-refractivity contribution in [3.05, 3.63) is 59.1 Å². The summed E-state index contributed by atoms with van der Waals surface area (Å²) in [4.78, 5) is 27.3. The standard InChI is InChI=1S/C23H26ClN3O4S/c24-19-5-3-18(4-6-19)23(29)26-15-11-17(12-16-26)22(28)25-20-7-9-21(10-8-20)32(30,31)27-13-1-2-14-27/h3-10,17H,1-2,11-16H2,(H,25,28). The van der Waals surface area contributed by atoms with Crippen LogP contribution in [0.3, 0.4) is 0 Å². The maximum Gasteiger partial charge on any atom is 0.253 e. The second-order valence-electron chi connectivity index (χ2n) is 8.20. The number of anilines is 1. The predicted molar refractivity (Wildman–Crippen MR) is 123 cm³/mol. The van der Waals surface area contributed by atoms with Gasteiger partial charge in [-0.25, -0.2) is 8.42 Å². The lowest BCUT2D eigenvalue weighted by Gasteiger charge is -2.31. The Morgan fingerprint density at radius 2 is 1.47 bits per heavy atom. The number of likely N-dealkylation sites (tertiary alicyclic amines) is 1. The minimum Gasteiger partial charge on any atom is -0.339 e. The predicted octanol–water partition coefficient (Wildman–Crippen LogP) is 3.62. The van der Waals surface area contributed by atoms with E-state index in [2.05, 4.69) is 5.32 Å². The number of sulfonamides is 1. The molecule has 9 heteroatoms. The molecule has 0 aliphatic carbocycles. The number of benzene rings is 2. The van der Waals surface area contributed by atoms with E-state index in [4.69, 9.17) is 11.6 Å². The molecule has 2 amide bonds. The van der Waals surface area contributed by atoms with E-state index in [1.165, 1.54) is 16.4 Å². The highest BCUT2D eigenvalue weighted by atomic mass is 35.5. The number of rotatable bonds is 5. The van der Waals surface area contributed by atoms with Crippen LogP contribution in [0.25, 0.3) is 0 Å². The van der Waals surface area contributed by atoms with Gasteiger partial charge in [-0.05, 0) is 74.2 Å². The zero-order chi connectivity index (χ0) is 22.7. The van der Waals surface area contributed by atoms with Crippen LogP contribution in [0, 0.1) is 5.92 Å². The quantitative estimate of drug-likeness (QED) is 0.715. The number of nitrogens with one attached hydrogen (secondary N) is 1. The Hall–Kier alpha value is -2.42. The Kier molecular flexibility index (Phi) is 6.83. The third-order valence-corrected chi connectivity index (χ3v) is 8.23. The van der Waals surface area contributed by atoms with Gasteiger partial charge < -0.3 is 10.2 Å². The van der Waals surface area contributed by atoms with Gasteiger partial charge in [0, 0.05) is 48.4 Å². The van der Waals surface area contributed by atoms with Crippen molar-refractivity contribution in [2.75, 3.05) is 31.5 Å². The number of hydrogen-bond acceptors (Lipinski definition) is 4. The van der Waals surface area contributed by atoms with Crippen molar-refractivity contribution < 1.29 is 18.0 Å². The van der Waals surface area contributed by atoms with Gasteiger partial charge in [0.25, 0.3) is 5.91 Å². The van der Waals surface area contributed by atoms with Gasteiger partial charge in [-0.1, -0.05) is 11.6 Å². The van der Waals surface area contributed by atoms with Crippen molar-refractivity contribution in [2.45, 2.75) is 30.6 Å². The summed E-state index contributed by atoms with van der Waals surface area (Å²) in [5, 5.41) is 3.46. The van der Waals surface area contributed by atoms with E-state index in [1.807, 2.05) is 0 Å². The van der Waals surface area contributed by atoms with Crippen LogP contribution in [0.2, 0.25) is 5.02 Å². The number of piperidine rings is 1. The van der Waals surface area contributed by atoms with Gasteiger partial charge in [0.2, 0.25) is 15.9 Å². The molecule has 170 valence electrons. The van der Waals surface area contributed by atoms with Gasteiger partial charge in [0.1, 0.15) is 0 Å². The molecule has 2 aromatic rings. The van der Waals surface area contributed by atoms with Crippen LogP contribution in [-0.2, 0) is 14.8 Å². The number of carbonyl (C=O) groups is 2. The van der Waals surface area contributed by atoms with Crippen molar-refractivity contribution in [3.8, 4) is 0 Å². The third kappa shape index (κ3) is 4.98. The molecule has 0 unspecified atom stereocenters. The number of halogens is 1. The first kappa shape index (κ1) is 22.8. The maximum atomic E-state index is 12.7. The fourth-order valence-corrected chi connectivity index (χ4v) is 5.79. The van der Waals surface area contributed by atoms with E-state index in [0.29, 0.717) is 55.3 Å². The van der Waals surface area contributed by atoms with Gasteiger partial charge in [-0.2, -0.15) is 4.31 Å². The van der Waals surface area contributed by atoms with Gasteiger partial charge >= 0.3 is 0 Å². The van der Waals surface area contributed by atoms with Crippen LogP contribution in [0.5, 0.6) is 0 Å². The summed E-state index contributed by atoms with van der Waals surface area (Å²) < 4.78 is 26.7. The van der Waals surface area contributed by atoms with Gasteiger partial charge in [-0.15, -0.1) is 0 Å². The lowest BCUT2D eigenvalue weighted by Crippen LogP contribution is -2.41. The fourth-order valence-electron chi connectivity index (χ4n) is 4.15. The van der Waals surface area contributed by atoms with Gasteiger partial charge in [-0.3, -0.25) is 9.59 Å². The molecule has 2 aliphatic heterocycles. The summed E-state index contributed by atoms with van der Waals surface area (Å²) >= 11 is 5.88. The molecule has 2 aliphatic rings. The summed E-state index contributed by atoms with van der Waals surface area (Å²) in [7, 11) is -3.47. The molecule has 0 bridgehead atoms. The monoisotopic (exact) mass is 475 g/mol. The average Bonchev–Trinajstić information content (AvgIpc) is 3.36. The van der Waals surface area contributed by atoms with Crippen LogP contribution in [0.4, 0.5) is 5.69 Å². The Labute approximate surface area is 193 Å². The summed E-state index contributed by atoms with van der Waals surface area (Å²) in [6.07, 6.45) is 2.92. The van der Waals surface area contributed by atoms with E-state index in [9.17, 15) is 18.0 Å². The Balaban J connectivity index is 1.31. The number of hydrogen-bond donors (Lipinski definition) is 1. The Morgan fingerprint density at radius 1 is 0.875 bits per heavy atom. The van der Waals surface area contributed by atoms with Crippen LogP contribution >= 0.6 is 11.6 Å². The van der Waals surface area contributed by atoms with Crippen molar-refractivity contribution in [2.24, 2.45) is 5.92 Å². The van der Waals surface area contributed by atoms with E-state index in [0.717, 1.165) is 12.8 Å². The second kappa shape index (κ2) is 9.60. The molecule has 32 heavy (non-hydrogen) atoms. The van der Waals surface area contributed by atoms with E-state index in [1.54, 1.807) is 41.3 Å². The lowest BCUT2D eigenvalue weighted by molar-refractivity contribution is -0.121. The largest absolute Gasteiger partial charge is 0.339 e. The molecule has 2 heterocycles. The summed E-state index contributed by atoms with van der Waals surface area (Å²) in [5.41, 5.74) is 1.15. The minimum atomic E-state index is -3.47. The summed E-state index contributed by atoms with van der Waals surface area (Å²) in [6, 6.07) is 13.1. The Morgan fingerprint density at radius 3 is 2.06 bits per heavy atom. The van der Waals surface area contributed by atoms with Crippen LogP contribution in [-0.4, -0.2) is 55.6 Å². The van der Waals surface area contributed by atoms with Crippen LogP contribution < -0.4 is 5.32 Å². The molecular formula is C23H26ClN3O4S. The molecule has 2 saturated heterocycles. The smallest absolute Gasteiger partial charge is 0.253 e. The fraction of sp³-hybridized carbons (Fsp3) is 0.391. The van der Waals surface area contributed by atoms with Crippen molar-refractivity contribution in [1.82, 2.24) is 9.21 Å². The minimum absolute atomic E-state index is 0.0599. The lowest BCUT2D eigenvalue weighted by atomic mass is 9.95. The SMILES string of the molecule is O=C(Nc1ccc(S(=O)(=O)N2CCCC2)cc1)C1CCN(C(=O)c2ccc(Cl)cc2)CC1. The molecule has 0 aromatic heterocycles. The number of carbonyl (C=O) groups excluding carboxylic acids is 2. The molecule has 7 nitrogen and oxygen atoms in total. The zero-order valence-corrected chi connectivity index (χ0v) is 19.2. The Bertz CT molecular complexity index is 1070. The van der Waals surface area contributed by atoms with Gasteiger partial charge in [0.15, 0.2) is 0 Å². The first-order chi connectivity index (χ1) is 15.3. The van der Waals surface area contributed by atoms with Crippen LogP contribution in [0.1, 0.15) is 36.0 Å². The van der Waals surface area contributed by atoms with E-state index < -0.39 is 10.0 Å². The molecule has 2 aromatic carbocycles. The summed E-state index contributed by atoms with van der Waals surface area (Å²) in [6.45, 7) is 2.12. The highest BCUT2D eigenvalue weighted by Crippen LogP contribution is 2.24. The van der Waals surface area contributed by atoms with Crippen LogP contribution in [0.15, 0.2) is 53.4 Å². The number of nitrogens with zero attached hydrogens (tertiary/aromatic N) is 2. The third-order valence-electron chi connectivity index (χ3n) is 6.07. The first-order valence-corrected chi connectivity index (χ1v) is 12.6. The average molecular weight is 476 g/mol. The van der Waals surface area contributed by atoms with E-state index >= 15 is 0 Å². The number of amides is 2. The molecule has 0 atom stereocenters. The summed E-state index contributed by atoms with van der Waals surface area (Å²) in [5.74, 6) is -0.369. The molecule has 2 fully saturated rings. The molecule has 0 radical (unpaired) electrons. The van der Waals surface area contributed by atoms with Crippen molar-refractivity contribution >= 4 is 39.1 Å². The van der Waals surface area contributed by atoms with E-state index in [-0.39, 0.29) is 22.6 Å². The second-order valence-corrected chi connectivity index (χ2v) is 10.6.